The molecule has 148 valence electrons. The van der Waals surface area contributed by atoms with E-state index in [1.54, 1.807) is 35.2 Å². The zero-order valence-electron chi connectivity index (χ0n) is 15.9. The Morgan fingerprint density at radius 1 is 1.14 bits per heavy atom. The van der Waals surface area contributed by atoms with E-state index >= 15 is 0 Å². The number of rotatable bonds is 5. The summed E-state index contributed by atoms with van der Waals surface area (Å²) in [6.07, 6.45) is 0. The third-order valence-corrected chi connectivity index (χ3v) is 4.99. The number of halogens is 1. The number of nitrogens with zero attached hydrogens (tertiary/aromatic N) is 3. The van der Waals surface area contributed by atoms with Crippen molar-refractivity contribution >= 4 is 34.6 Å². The van der Waals surface area contributed by atoms with Gasteiger partial charge in [-0.3, -0.25) is 14.9 Å². The molecule has 0 atom stereocenters. The van der Waals surface area contributed by atoms with Gasteiger partial charge >= 0.3 is 0 Å². The Morgan fingerprint density at radius 3 is 2.43 bits per heavy atom. The summed E-state index contributed by atoms with van der Waals surface area (Å²) in [6.45, 7) is 6.30. The predicted molar refractivity (Wildman–Crippen MR) is 111 cm³/mol. The van der Waals surface area contributed by atoms with Gasteiger partial charge in [0.15, 0.2) is 0 Å². The van der Waals surface area contributed by atoms with Crippen molar-refractivity contribution in [1.29, 1.82) is 0 Å². The summed E-state index contributed by atoms with van der Waals surface area (Å²) in [5, 5.41) is 14.9. The lowest BCUT2D eigenvalue weighted by Gasteiger charge is -2.36. The number of benzene rings is 2. The summed E-state index contributed by atoms with van der Waals surface area (Å²) in [6, 6.07) is 12.2. The molecule has 1 saturated heterocycles. The second-order valence-corrected chi connectivity index (χ2v) is 7.42. The number of hydrogen-bond acceptors (Lipinski definition) is 5. The minimum absolute atomic E-state index is 0.0602. The second-order valence-electron chi connectivity index (χ2n) is 7.02. The van der Waals surface area contributed by atoms with E-state index in [4.69, 9.17) is 11.6 Å². The molecule has 1 fully saturated rings. The molecule has 0 radical (unpaired) electrons. The third kappa shape index (κ3) is 4.36. The first-order valence-electron chi connectivity index (χ1n) is 9.20. The molecule has 1 amide bonds. The van der Waals surface area contributed by atoms with E-state index in [-0.39, 0.29) is 22.6 Å². The Kier molecular flexibility index (Phi) is 6.04. The van der Waals surface area contributed by atoms with Crippen molar-refractivity contribution in [1.82, 2.24) is 4.90 Å². The van der Waals surface area contributed by atoms with Crippen LogP contribution in [0.3, 0.4) is 0 Å². The Hall–Kier alpha value is -2.80. The van der Waals surface area contributed by atoms with Gasteiger partial charge < -0.3 is 15.1 Å². The van der Waals surface area contributed by atoms with Crippen LogP contribution in [-0.2, 0) is 0 Å². The molecule has 1 aliphatic rings. The van der Waals surface area contributed by atoms with E-state index in [0.717, 1.165) is 5.69 Å². The van der Waals surface area contributed by atoms with Crippen molar-refractivity contribution in [3.63, 3.8) is 0 Å². The third-order valence-electron chi connectivity index (χ3n) is 4.66. The fourth-order valence-electron chi connectivity index (χ4n) is 3.28. The molecular weight excluding hydrogens is 380 g/mol. The van der Waals surface area contributed by atoms with Crippen LogP contribution in [0, 0.1) is 10.1 Å². The van der Waals surface area contributed by atoms with Gasteiger partial charge in [0.1, 0.15) is 5.69 Å². The molecule has 1 aliphatic heterocycles. The maximum atomic E-state index is 12.7. The van der Waals surface area contributed by atoms with E-state index in [1.165, 1.54) is 6.07 Å². The number of carbonyl (C=O) groups is 1. The highest BCUT2D eigenvalue weighted by molar-refractivity contribution is 6.33. The molecular formula is C20H23ClN4O3. The molecule has 3 rings (SSSR count). The predicted octanol–water partition coefficient (Wildman–Crippen LogP) is 4.03. The summed E-state index contributed by atoms with van der Waals surface area (Å²) in [5.74, 6) is -0.0730. The van der Waals surface area contributed by atoms with Gasteiger partial charge in [-0.25, -0.2) is 0 Å². The van der Waals surface area contributed by atoms with Crippen LogP contribution in [0.25, 0.3) is 0 Å². The molecule has 0 saturated carbocycles. The van der Waals surface area contributed by atoms with Crippen molar-refractivity contribution < 1.29 is 9.72 Å². The molecule has 2 aromatic rings. The van der Waals surface area contributed by atoms with Gasteiger partial charge in [0.2, 0.25) is 0 Å². The number of nitrogens with one attached hydrogen (secondary N) is 1. The number of hydrogen-bond donors (Lipinski definition) is 1. The topological polar surface area (TPSA) is 78.7 Å². The van der Waals surface area contributed by atoms with Crippen LogP contribution in [-0.4, -0.2) is 48.0 Å². The number of amides is 1. The largest absolute Gasteiger partial charge is 0.377 e. The van der Waals surface area contributed by atoms with Crippen molar-refractivity contribution in [3.8, 4) is 0 Å². The molecule has 0 bridgehead atoms. The van der Waals surface area contributed by atoms with Gasteiger partial charge in [-0.2, -0.15) is 0 Å². The van der Waals surface area contributed by atoms with Crippen molar-refractivity contribution in [2.24, 2.45) is 0 Å². The quantitative estimate of drug-likeness (QED) is 0.603. The fraction of sp³-hybridized carbons (Fsp3) is 0.350. The lowest BCUT2D eigenvalue weighted by molar-refractivity contribution is -0.384. The van der Waals surface area contributed by atoms with E-state index in [9.17, 15) is 14.9 Å². The second kappa shape index (κ2) is 8.48. The average Bonchev–Trinajstić information content (AvgIpc) is 2.67. The Bertz CT molecular complexity index is 880. The minimum atomic E-state index is -0.380. The smallest absolute Gasteiger partial charge is 0.292 e. The Labute approximate surface area is 169 Å². The summed E-state index contributed by atoms with van der Waals surface area (Å²) in [7, 11) is 0. The van der Waals surface area contributed by atoms with E-state index in [1.807, 2.05) is 19.9 Å². The highest BCUT2D eigenvalue weighted by atomic mass is 35.5. The molecule has 1 N–H and O–H groups in total. The molecule has 0 spiro atoms. The van der Waals surface area contributed by atoms with E-state index in [0.29, 0.717) is 42.5 Å². The summed E-state index contributed by atoms with van der Waals surface area (Å²) < 4.78 is 0. The van der Waals surface area contributed by atoms with Crippen LogP contribution in [0.2, 0.25) is 5.02 Å². The average molecular weight is 403 g/mol. The molecule has 28 heavy (non-hydrogen) atoms. The SMILES string of the molecule is CC(C)Nc1cc(N2CCN(C(=O)c3ccccc3Cl)CC2)ccc1[N+](=O)[O-]. The normalized spacial score (nSPS) is 14.3. The highest BCUT2D eigenvalue weighted by Crippen LogP contribution is 2.31. The molecule has 2 aromatic carbocycles. The molecule has 1 heterocycles. The first-order chi connectivity index (χ1) is 13.4. The van der Waals surface area contributed by atoms with Crippen LogP contribution in [0.15, 0.2) is 42.5 Å². The zero-order chi connectivity index (χ0) is 20.3. The number of nitro benzene ring substituents is 1. The number of piperazine rings is 1. The molecule has 7 nitrogen and oxygen atoms in total. The Morgan fingerprint density at radius 2 is 1.82 bits per heavy atom. The monoisotopic (exact) mass is 402 g/mol. The van der Waals surface area contributed by atoms with Crippen LogP contribution < -0.4 is 10.2 Å². The van der Waals surface area contributed by atoms with Crippen LogP contribution in [0.1, 0.15) is 24.2 Å². The van der Waals surface area contributed by atoms with Gasteiger partial charge in [0.05, 0.1) is 15.5 Å². The van der Waals surface area contributed by atoms with Crippen LogP contribution in [0.5, 0.6) is 0 Å². The first kappa shape index (κ1) is 19.9. The van der Waals surface area contributed by atoms with Crippen LogP contribution in [0.4, 0.5) is 17.1 Å². The van der Waals surface area contributed by atoms with Gasteiger partial charge in [0, 0.05) is 44.0 Å². The summed E-state index contributed by atoms with van der Waals surface area (Å²) in [5.41, 5.74) is 1.98. The van der Waals surface area contributed by atoms with Crippen LogP contribution >= 0.6 is 11.6 Å². The molecule has 0 unspecified atom stereocenters. The number of carbonyl (C=O) groups excluding carboxylic acids is 1. The van der Waals surface area contributed by atoms with Crippen molar-refractivity contribution in [2.45, 2.75) is 19.9 Å². The lowest BCUT2D eigenvalue weighted by atomic mass is 10.1. The maximum Gasteiger partial charge on any atom is 0.292 e. The molecule has 0 aliphatic carbocycles. The fourth-order valence-corrected chi connectivity index (χ4v) is 3.50. The standard InChI is InChI=1S/C20H23ClN4O3/c1-14(2)22-18-13-15(7-8-19(18)25(27)28)23-9-11-24(12-10-23)20(26)16-5-3-4-6-17(16)21/h3-8,13-14,22H,9-12H2,1-2H3. The molecule has 0 aromatic heterocycles. The van der Waals surface area contributed by atoms with E-state index in [2.05, 4.69) is 10.2 Å². The highest BCUT2D eigenvalue weighted by Gasteiger charge is 2.25. The zero-order valence-corrected chi connectivity index (χ0v) is 16.6. The van der Waals surface area contributed by atoms with Gasteiger partial charge in [-0.15, -0.1) is 0 Å². The van der Waals surface area contributed by atoms with Crippen molar-refractivity contribution in [3.05, 3.63) is 63.2 Å². The van der Waals surface area contributed by atoms with Crippen molar-refractivity contribution in [2.75, 3.05) is 36.4 Å². The van der Waals surface area contributed by atoms with E-state index < -0.39 is 0 Å². The molecule has 8 heteroatoms. The minimum Gasteiger partial charge on any atom is -0.377 e. The van der Waals surface area contributed by atoms with Gasteiger partial charge in [0.25, 0.3) is 11.6 Å². The first-order valence-corrected chi connectivity index (χ1v) is 9.58. The summed E-state index contributed by atoms with van der Waals surface area (Å²) in [4.78, 5) is 27.5. The number of nitro groups is 1. The van der Waals surface area contributed by atoms with Gasteiger partial charge in [-0.05, 0) is 38.1 Å². The van der Waals surface area contributed by atoms with Gasteiger partial charge in [-0.1, -0.05) is 23.7 Å². The Balaban J connectivity index is 1.72. The lowest BCUT2D eigenvalue weighted by Crippen LogP contribution is -2.48. The maximum absolute atomic E-state index is 12.7. The summed E-state index contributed by atoms with van der Waals surface area (Å²) >= 11 is 6.14. The number of anilines is 2.